The third-order valence-corrected chi connectivity index (χ3v) is 3.10. The molecule has 0 bridgehead atoms. The molecule has 1 rings (SSSR count). The average Bonchev–Trinajstić information content (AvgIpc) is 2.25. The molecule has 1 aliphatic heterocycles. The third-order valence-electron chi connectivity index (χ3n) is 2.54. The van der Waals surface area contributed by atoms with Crippen molar-refractivity contribution in [3.05, 3.63) is 0 Å². The van der Waals surface area contributed by atoms with E-state index in [1.54, 1.807) is 0 Å². The third kappa shape index (κ3) is 5.32. The highest BCUT2D eigenvalue weighted by Gasteiger charge is 2.14. The maximum Gasteiger partial charge on any atom is 0.157 e. The highest BCUT2D eigenvalue weighted by Crippen LogP contribution is 2.16. The van der Waals surface area contributed by atoms with Gasteiger partial charge in [0.15, 0.2) is 6.29 Å². The minimum absolute atomic E-state index is 0.0789. The van der Waals surface area contributed by atoms with E-state index in [4.69, 9.17) is 9.47 Å². The Morgan fingerprint density at radius 1 is 1.50 bits per heavy atom. The summed E-state index contributed by atoms with van der Waals surface area (Å²) in [5, 5.41) is 1.09. The van der Waals surface area contributed by atoms with Crippen molar-refractivity contribution in [1.82, 2.24) is 0 Å². The fraction of sp³-hybridized carbons (Fsp3) is 1.00. The van der Waals surface area contributed by atoms with Gasteiger partial charge in [-0.15, -0.1) is 0 Å². The standard InChI is InChI=1S/C11H21BrO2/c1-10(5-4-7-12)9-14-11-6-2-3-8-13-11/h10-11H,2-9H2,1H3. The van der Waals surface area contributed by atoms with Crippen LogP contribution in [0.15, 0.2) is 0 Å². The summed E-state index contributed by atoms with van der Waals surface area (Å²) in [4.78, 5) is 0. The van der Waals surface area contributed by atoms with Crippen molar-refractivity contribution in [3.8, 4) is 0 Å². The van der Waals surface area contributed by atoms with Gasteiger partial charge in [-0.2, -0.15) is 0 Å². The van der Waals surface area contributed by atoms with Crippen LogP contribution in [-0.2, 0) is 9.47 Å². The molecule has 0 aliphatic carbocycles. The van der Waals surface area contributed by atoms with Crippen LogP contribution in [0.3, 0.4) is 0 Å². The summed E-state index contributed by atoms with van der Waals surface area (Å²) >= 11 is 3.44. The zero-order valence-corrected chi connectivity index (χ0v) is 10.6. The molecule has 1 fully saturated rings. The van der Waals surface area contributed by atoms with E-state index in [-0.39, 0.29) is 6.29 Å². The normalized spacial score (nSPS) is 24.9. The first-order valence-electron chi connectivity index (χ1n) is 5.62. The lowest BCUT2D eigenvalue weighted by Crippen LogP contribution is -2.24. The van der Waals surface area contributed by atoms with Crippen LogP contribution in [0, 0.1) is 5.92 Å². The minimum Gasteiger partial charge on any atom is -0.353 e. The molecule has 1 saturated heterocycles. The molecule has 0 aromatic heterocycles. The lowest BCUT2D eigenvalue weighted by Gasteiger charge is -2.24. The predicted molar refractivity (Wildman–Crippen MR) is 61.7 cm³/mol. The SMILES string of the molecule is CC(CCCBr)COC1CCCCO1. The highest BCUT2D eigenvalue weighted by atomic mass is 79.9. The second-order valence-corrected chi connectivity index (χ2v) is 4.86. The van der Waals surface area contributed by atoms with E-state index in [1.807, 2.05) is 0 Å². The van der Waals surface area contributed by atoms with E-state index in [9.17, 15) is 0 Å². The molecular formula is C11H21BrO2. The maximum atomic E-state index is 5.70. The molecular weight excluding hydrogens is 244 g/mol. The van der Waals surface area contributed by atoms with E-state index in [0.29, 0.717) is 5.92 Å². The Bertz CT molecular complexity index is 135. The van der Waals surface area contributed by atoms with Gasteiger partial charge in [-0.05, 0) is 38.0 Å². The largest absolute Gasteiger partial charge is 0.353 e. The lowest BCUT2D eigenvalue weighted by molar-refractivity contribution is -0.168. The molecule has 1 aliphatic rings. The molecule has 3 heteroatoms. The summed E-state index contributed by atoms with van der Waals surface area (Å²) in [5.74, 6) is 0.651. The molecule has 0 radical (unpaired) electrons. The second-order valence-electron chi connectivity index (χ2n) is 4.07. The molecule has 0 amide bonds. The number of ether oxygens (including phenoxy) is 2. The molecule has 0 spiro atoms. The molecule has 2 unspecified atom stereocenters. The van der Waals surface area contributed by atoms with Crippen molar-refractivity contribution < 1.29 is 9.47 Å². The van der Waals surface area contributed by atoms with Crippen molar-refractivity contribution >= 4 is 15.9 Å². The van der Waals surface area contributed by atoms with Gasteiger partial charge >= 0.3 is 0 Å². The van der Waals surface area contributed by atoms with Crippen molar-refractivity contribution in [1.29, 1.82) is 0 Å². The molecule has 0 aromatic carbocycles. The van der Waals surface area contributed by atoms with Gasteiger partial charge < -0.3 is 9.47 Å². The van der Waals surface area contributed by atoms with E-state index in [2.05, 4.69) is 22.9 Å². The van der Waals surface area contributed by atoms with Crippen molar-refractivity contribution in [2.45, 2.75) is 45.3 Å². The van der Waals surface area contributed by atoms with Gasteiger partial charge in [0, 0.05) is 11.9 Å². The van der Waals surface area contributed by atoms with Gasteiger partial charge in [0.2, 0.25) is 0 Å². The van der Waals surface area contributed by atoms with E-state index in [1.165, 1.54) is 25.7 Å². The molecule has 0 saturated carbocycles. The fourth-order valence-corrected chi connectivity index (χ4v) is 1.95. The van der Waals surface area contributed by atoms with Crippen molar-refractivity contribution in [3.63, 3.8) is 0 Å². The van der Waals surface area contributed by atoms with Crippen LogP contribution in [0.25, 0.3) is 0 Å². The number of alkyl halides is 1. The zero-order valence-electron chi connectivity index (χ0n) is 9.01. The number of halogens is 1. The van der Waals surface area contributed by atoms with Crippen LogP contribution in [0.2, 0.25) is 0 Å². The van der Waals surface area contributed by atoms with Crippen LogP contribution < -0.4 is 0 Å². The van der Waals surface area contributed by atoms with Gasteiger partial charge in [-0.1, -0.05) is 22.9 Å². The van der Waals surface area contributed by atoms with Crippen LogP contribution in [0.4, 0.5) is 0 Å². The van der Waals surface area contributed by atoms with Crippen LogP contribution in [0.5, 0.6) is 0 Å². The quantitative estimate of drug-likeness (QED) is 0.686. The molecule has 1 heterocycles. The molecule has 0 aromatic rings. The van der Waals surface area contributed by atoms with Crippen LogP contribution in [-0.4, -0.2) is 24.8 Å². The van der Waals surface area contributed by atoms with E-state index in [0.717, 1.165) is 25.0 Å². The molecule has 0 N–H and O–H groups in total. The maximum absolute atomic E-state index is 5.70. The van der Waals surface area contributed by atoms with Gasteiger partial charge in [0.25, 0.3) is 0 Å². The molecule has 2 nitrogen and oxygen atoms in total. The first kappa shape index (κ1) is 12.5. The van der Waals surface area contributed by atoms with Gasteiger partial charge in [0.05, 0.1) is 6.61 Å². The first-order chi connectivity index (χ1) is 6.83. The highest BCUT2D eigenvalue weighted by molar-refractivity contribution is 9.09. The predicted octanol–water partition coefficient (Wildman–Crippen LogP) is 3.34. The molecule has 2 atom stereocenters. The molecule has 84 valence electrons. The van der Waals surface area contributed by atoms with Gasteiger partial charge in [0.1, 0.15) is 0 Å². The Balaban J connectivity index is 2.00. The Morgan fingerprint density at radius 2 is 2.36 bits per heavy atom. The van der Waals surface area contributed by atoms with Gasteiger partial charge in [-0.3, -0.25) is 0 Å². The molecule has 14 heavy (non-hydrogen) atoms. The minimum atomic E-state index is 0.0789. The van der Waals surface area contributed by atoms with Crippen molar-refractivity contribution in [2.75, 3.05) is 18.5 Å². The van der Waals surface area contributed by atoms with Crippen molar-refractivity contribution in [2.24, 2.45) is 5.92 Å². The first-order valence-corrected chi connectivity index (χ1v) is 6.74. The van der Waals surface area contributed by atoms with E-state index >= 15 is 0 Å². The Labute approximate surface area is 95.5 Å². The van der Waals surface area contributed by atoms with Crippen LogP contribution in [0.1, 0.15) is 39.0 Å². The number of hydrogen-bond acceptors (Lipinski definition) is 2. The summed E-state index contributed by atoms with van der Waals surface area (Å²) in [5.41, 5.74) is 0. The fourth-order valence-electron chi connectivity index (χ4n) is 1.62. The topological polar surface area (TPSA) is 18.5 Å². The smallest absolute Gasteiger partial charge is 0.157 e. The lowest BCUT2D eigenvalue weighted by atomic mass is 10.1. The number of rotatable bonds is 6. The summed E-state index contributed by atoms with van der Waals surface area (Å²) in [6.45, 7) is 3.96. The average molecular weight is 265 g/mol. The summed E-state index contributed by atoms with van der Waals surface area (Å²) < 4.78 is 11.2. The van der Waals surface area contributed by atoms with E-state index < -0.39 is 0 Å². The van der Waals surface area contributed by atoms with Gasteiger partial charge in [-0.25, -0.2) is 0 Å². The second kappa shape index (κ2) is 7.66. The summed E-state index contributed by atoms with van der Waals surface area (Å²) in [6.07, 6.45) is 6.06. The van der Waals surface area contributed by atoms with Crippen LogP contribution >= 0.6 is 15.9 Å². The Kier molecular flexibility index (Phi) is 6.82. The summed E-state index contributed by atoms with van der Waals surface area (Å²) in [7, 11) is 0. The monoisotopic (exact) mass is 264 g/mol. The Morgan fingerprint density at radius 3 is 3.00 bits per heavy atom. The Hall–Kier alpha value is 0.400. The number of hydrogen-bond donors (Lipinski definition) is 0. The zero-order chi connectivity index (χ0) is 10.2. The summed E-state index contributed by atoms with van der Waals surface area (Å²) in [6, 6.07) is 0.